The van der Waals surface area contributed by atoms with Crippen LogP contribution in [-0.4, -0.2) is 6.41 Å². The van der Waals surface area contributed by atoms with Gasteiger partial charge in [-0.1, -0.05) is 39.0 Å². The van der Waals surface area contributed by atoms with Crippen LogP contribution in [-0.2, 0) is 11.2 Å². The van der Waals surface area contributed by atoms with E-state index in [1.807, 2.05) is 18.2 Å². The molecule has 82 valence electrons. The predicted octanol–water partition coefficient (Wildman–Crippen LogP) is 3.23. The van der Waals surface area contributed by atoms with Crippen molar-refractivity contribution in [2.75, 3.05) is 5.32 Å². The number of hydrogen-bond acceptors (Lipinski definition) is 1. The maximum Gasteiger partial charge on any atom is 0.211 e. The highest BCUT2D eigenvalue weighted by molar-refractivity contribution is 5.73. The van der Waals surface area contributed by atoms with Crippen LogP contribution in [0.4, 0.5) is 5.69 Å². The first-order chi connectivity index (χ1) is 7.03. The third-order valence-electron chi connectivity index (χ3n) is 2.38. The van der Waals surface area contributed by atoms with Crippen LogP contribution < -0.4 is 5.32 Å². The zero-order valence-electron chi connectivity index (χ0n) is 9.71. The van der Waals surface area contributed by atoms with Crippen molar-refractivity contribution in [3.05, 3.63) is 29.8 Å². The largest absolute Gasteiger partial charge is 0.328 e. The van der Waals surface area contributed by atoms with Gasteiger partial charge in [0, 0.05) is 5.69 Å². The Bertz CT molecular complexity index is 326. The smallest absolute Gasteiger partial charge is 0.211 e. The van der Waals surface area contributed by atoms with E-state index in [-0.39, 0.29) is 0 Å². The Morgan fingerprint density at radius 3 is 2.53 bits per heavy atom. The van der Waals surface area contributed by atoms with Crippen LogP contribution in [0.3, 0.4) is 0 Å². The normalized spacial score (nSPS) is 11.1. The summed E-state index contributed by atoms with van der Waals surface area (Å²) in [6.07, 6.45) is 2.85. The zero-order chi connectivity index (χ0) is 11.3. The lowest BCUT2D eigenvalue weighted by molar-refractivity contribution is -0.105. The van der Waals surface area contributed by atoms with Crippen molar-refractivity contribution in [1.29, 1.82) is 0 Å². The minimum absolute atomic E-state index is 0.328. The molecule has 0 fully saturated rings. The molecule has 0 heterocycles. The molecule has 1 N–H and O–H groups in total. The molecule has 0 unspecified atom stereocenters. The molecule has 0 atom stereocenters. The zero-order valence-corrected chi connectivity index (χ0v) is 9.71. The van der Waals surface area contributed by atoms with Gasteiger partial charge in [0.2, 0.25) is 6.41 Å². The lowest BCUT2D eigenvalue weighted by Crippen LogP contribution is -2.07. The number of benzene rings is 1. The Morgan fingerprint density at radius 1 is 1.27 bits per heavy atom. The fourth-order valence-electron chi connectivity index (χ4n) is 1.45. The Morgan fingerprint density at radius 2 is 1.93 bits per heavy atom. The highest BCUT2D eigenvalue weighted by atomic mass is 16.1. The minimum Gasteiger partial charge on any atom is -0.328 e. The summed E-state index contributed by atoms with van der Waals surface area (Å²) >= 11 is 0. The molecule has 0 aliphatic carbocycles. The summed E-state index contributed by atoms with van der Waals surface area (Å²) in [5.74, 6) is 0. The van der Waals surface area contributed by atoms with Gasteiger partial charge in [-0.3, -0.25) is 4.79 Å². The van der Waals surface area contributed by atoms with Crippen molar-refractivity contribution < 1.29 is 4.79 Å². The maximum absolute atomic E-state index is 10.4. The minimum atomic E-state index is 0.328. The number of carbonyl (C=O) groups is 1. The topological polar surface area (TPSA) is 29.1 Å². The maximum atomic E-state index is 10.4. The van der Waals surface area contributed by atoms with E-state index in [4.69, 9.17) is 0 Å². The molecule has 0 saturated carbocycles. The van der Waals surface area contributed by atoms with Gasteiger partial charge in [0.25, 0.3) is 0 Å². The molecule has 1 amide bonds. The van der Waals surface area contributed by atoms with Crippen LogP contribution in [0.5, 0.6) is 0 Å². The summed E-state index contributed by atoms with van der Waals surface area (Å²) in [4.78, 5) is 10.4. The van der Waals surface area contributed by atoms with Gasteiger partial charge in [0.1, 0.15) is 0 Å². The first kappa shape index (κ1) is 11.8. The molecule has 1 rings (SSSR count). The number of aryl methyl sites for hydroxylation is 1. The van der Waals surface area contributed by atoms with E-state index in [0.717, 1.165) is 24.9 Å². The van der Waals surface area contributed by atoms with Crippen molar-refractivity contribution in [3.8, 4) is 0 Å². The Labute approximate surface area is 91.7 Å². The number of anilines is 1. The summed E-state index contributed by atoms with van der Waals surface area (Å²) in [7, 11) is 0. The lowest BCUT2D eigenvalue weighted by Gasteiger charge is -2.18. The molecule has 1 aromatic carbocycles. The molecule has 0 saturated heterocycles. The SMILES string of the molecule is CC(C)(C)CCc1ccccc1NC=O. The van der Waals surface area contributed by atoms with E-state index in [1.165, 1.54) is 5.56 Å². The molecule has 0 radical (unpaired) electrons. The highest BCUT2D eigenvalue weighted by Crippen LogP contribution is 2.24. The van der Waals surface area contributed by atoms with Gasteiger partial charge in [-0.2, -0.15) is 0 Å². The van der Waals surface area contributed by atoms with E-state index in [9.17, 15) is 4.79 Å². The Hall–Kier alpha value is -1.31. The second-order valence-electron chi connectivity index (χ2n) is 4.98. The van der Waals surface area contributed by atoms with Crippen LogP contribution in [0, 0.1) is 5.41 Å². The standard InChI is InChI=1S/C13H19NO/c1-13(2,3)9-8-11-6-4-5-7-12(11)14-10-15/h4-7,10H,8-9H2,1-3H3,(H,14,15). The Kier molecular flexibility index (Phi) is 3.89. The summed E-state index contributed by atoms with van der Waals surface area (Å²) in [5.41, 5.74) is 2.46. The average Bonchev–Trinajstić information content (AvgIpc) is 2.16. The van der Waals surface area contributed by atoms with E-state index in [0.29, 0.717) is 5.41 Å². The summed E-state index contributed by atoms with van der Waals surface area (Å²) in [6.45, 7) is 6.67. The van der Waals surface area contributed by atoms with Crippen LogP contribution in [0.15, 0.2) is 24.3 Å². The molecular formula is C13H19NO. The van der Waals surface area contributed by atoms with Crippen molar-refractivity contribution in [2.24, 2.45) is 5.41 Å². The lowest BCUT2D eigenvalue weighted by atomic mass is 9.88. The predicted molar refractivity (Wildman–Crippen MR) is 63.9 cm³/mol. The quantitative estimate of drug-likeness (QED) is 0.751. The fourth-order valence-corrected chi connectivity index (χ4v) is 1.45. The second-order valence-corrected chi connectivity index (χ2v) is 4.98. The van der Waals surface area contributed by atoms with E-state index < -0.39 is 0 Å². The van der Waals surface area contributed by atoms with Gasteiger partial charge in [-0.05, 0) is 29.9 Å². The van der Waals surface area contributed by atoms with Crippen LogP contribution in [0.1, 0.15) is 32.8 Å². The van der Waals surface area contributed by atoms with Crippen LogP contribution >= 0.6 is 0 Å². The molecule has 2 nitrogen and oxygen atoms in total. The number of carbonyl (C=O) groups excluding carboxylic acids is 1. The van der Waals surface area contributed by atoms with E-state index in [2.05, 4.69) is 32.2 Å². The summed E-state index contributed by atoms with van der Waals surface area (Å²) < 4.78 is 0. The highest BCUT2D eigenvalue weighted by Gasteiger charge is 2.11. The fraction of sp³-hybridized carbons (Fsp3) is 0.462. The average molecular weight is 205 g/mol. The molecule has 0 aliphatic rings. The number of para-hydroxylation sites is 1. The monoisotopic (exact) mass is 205 g/mol. The van der Waals surface area contributed by atoms with Crippen molar-refractivity contribution in [2.45, 2.75) is 33.6 Å². The van der Waals surface area contributed by atoms with Crippen LogP contribution in [0.2, 0.25) is 0 Å². The first-order valence-corrected chi connectivity index (χ1v) is 5.31. The van der Waals surface area contributed by atoms with Crippen LogP contribution in [0.25, 0.3) is 0 Å². The summed E-state index contributed by atoms with van der Waals surface area (Å²) in [6, 6.07) is 7.95. The molecule has 2 heteroatoms. The molecule has 0 spiro atoms. The Balaban J connectivity index is 2.71. The van der Waals surface area contributed by atoms with Gasteiger partial charge < -0.3 is 5.32 Å². The number of hydrogen-bond donors (Lipinski definition) is 1. The molecular weight excluding hydrogens is 186 g/mol. The number of amides is 1. The van der Waals surface area contributed by atoms with Gasteiger partial charge >= 0.3 is 0 Å². The molecule has 1 aromatic rings. The third kappa shape index (κ3) is 4.15. The second kappa shape index (κ2) is 4.96. The first-order valence-electron chi connectivity index (χ1n) is 5.31. The molecule has 0 aliphatic heterocycles. The summed E-state index contributed by atoms with van der Waals surface area (Å²) in [5, 5.41) is 2.73. The van der Waals surface area contributed by atoms with E-state index in [1.54, 1.807) is 0 Å². The molecule has 15 heavy (non-hydrogen) atoms. The van der Waals surface area contributed by atoms with Crippen molar-refractivity contribution in [1.82, 2.24) is 0 Å². The molecule has 0 bridgehead atoms. The van der Waals surface area contributed by atoms with Gasteiger partial charge in [0.05, 0.1) is 0 Å². The van der Waals surface area contributed by atoms with Crippen molar-refractivity contribution in [3.63, 3.8) is 0 Å². The van der Waals surface area contributed by atoms with E-state index >= 15 is 0 Å². The number of rotatable bonds is 4. The van der Waals surface area contributed by atoms with Gasteiger partial charge in [-0.25, -0.2) is 0 Å². The number of nitrogens with one attached hydrogen (secondary N) is 1. The third-order valence-corrected chi connectivity index (χ3v) is 2.38. The van der Waals surface area contributed by atoms with Gasteiger partial charge in [-0.15, -0.1) is 0 Å². The molecule has 0 aromatic heterocycles. The van der Waals surface area contributed by atoms with Crippen molar-refractivity contribution >= 4 is 12.1 Å². The van der Waals surface area contributed by atoms with Gasteiger partial charge in [0.15, 0.2) is 0 Å².